The molecule has 4 aromatic rings. The van der Waals surface area contributed by atoms with Gasteiger partial charge in [0, 0.05) is 36.1 Å². The van der Waals surface area contributed by atoms with Gasteiger partial charge >= 0.3 is 0 Å². The minimum Gasteiger partial charge on any atom is -0.335 e. The quantitative estimate of drug-likeness (QED) is 0.390. The van der Waals surface area contributed by atoms with Crippen molar-refractivity contribution in [3.05, 3.63) is 113 Å². The fourth-order valence-electron chi connectivity index (χ4n) is 5.30. The SMILES string of the molecule is Cc1cc(C)cc(C(=O)N2CC[C@H](NCc3ccc4ccccc4n3)C[C@@H]2Cc2ccccc2)c1. The smallest absolute Gasteiger partial charge is 0.254 e. The van der Waals surface area contributed by atoms with Crippen molar-refractivity contribution in [3.8, 4) is 0 Å². The summed E-state index contributed by atoms with van der Waals surface area (Å²) in [5.74, 6) is 0.146. The van der Waals surface area contributed by atoms with E-state index in [-0.39, 0.29) is 11.9 Å². The second-order valence-corrected chi connectivity index (χ2v) is 9.82. The van der Waals surface area contributed by atoms with Gasteiger partial charge in [0.25, 0.3) is 5.91 Å². The third-order valence-corrected chi connectivity index (χ3v) is 6.99. The minimum absolute atomic E-state index is 0.146. The normalized spacial score (nSPS) is 18.1. The van der Waals surface area contributed by atoms with Crippen LogP contribution in [0, 0.1) is 13.8 Å². The number of amides is 1. The first-order chi connectivity index (χ1) is 17.0. The van der Waals surface area contributed by atoms with Crippen LogP contribution in [0.25, 0.3) is 10.9 Å². The highest BCUT2D eigenvalue weighted by atomic mass is 16.2. The maximum atomic E-state index is 13.6. The Morgan fingerprint density at radius 2 is 1.69 bits per heavy atom. The van der Waals surface area contributed by atoms with Crippen LogP contribution in [0.2, 0.25) is 0 Å². The molecule has 35 heavy (non-hydrogen) atoms. The van der Waals surface area contributed by atoms with E-state index in [2.05, 4.69) is 78.7 Å². The van der Waals surface area contributed by atoms with Crippen molar-refractivity contribution in [2.75, 3.05) is 6.54 Å². The Bertz CT molecular complexity index is 1300. The molecular weight excluding hydrogens is 430 g/mol. The lowest BCUT2D eigenvalue weighted by molar-refractivity contribution is 0.0576. The average Bonchev–Trinajstić information content (AvgIpc) is 2.87. The van der Waals surface area contributed by atoms with E-state index in [1.165, 1.54) is 5.56 Å². The number of fused-ring (bicyclic) bond motifs is 1. The fourth-order valence-corrected chi connectivity index (χ4v) is 5.30. The van der Waals surface area contributed by atoms with Crippen LogP contribution >= 0.6 is 0 Å². The number of carbonyl (C=O) groups is 1. The predicted octanol–water partition coefficient (Wildman–Crippen LogP) is 5.86. The maximum Gasteiger partial charge on any atom is 0.254 e. The van der Waals surface area contributed by atoms with Crippen LogP contribution < -0.4 is 5.32 Å². The van der Waals surface area contributed by atoms with Gasteiger partial charge in [-0.15, -0.1) is 0 Å². The molecule has 2 heterocycles. The molecule has 1 aromatic heterocycles. The van der Waals surface area contributed by atoms with Gasteiger partial charge in [-0.25, -0.2) is 0 Å². The summed E-state index contributed by atoms with van der Waals surface area (Å²) in [5, 5.41) is 4.90. The lowest BCUT2D eigenvalue weighted by Crippen LogP contribution is -2.51. The average molecular weight is 464 g/mol. The second-order valence-electron chi connectivity index (χ2n) is 9.82. The number of nitrogens with zero attached hydrogens (tertiary/aromatic N) is 2. The van der Waals surface area contributed by atoms with Crippen molar-refractivity contribution >= 4 is 16.8 Å². The van der Waals surface area contributed by atoms with Gasteiger partial charge in [-0.1, -0.05) is 71.8 Å². The molecule has 1 aliphatic heterocycles. The number of aryl methyl sites for hydroxylation is 2. The second kappa shape index (κ2) is 10.4. The molecule has 1 amide bonds. The van der Waals surface area contributed by atoms with Gasteiger partial charge in [-0.2, -0.15) is 0 Å². The summed E-state index contributed by atoms with van der Waals surface area (Å²) in [6, 6.07) is 29.7. The monoisotopic (exact) mass is 463 g/mol. The molecule has 4 heteroatoms. The standard InChI is InChI=1S/C31H33N3O/c1-22-16-23(2)18-26(17-22)31(35)34-15-14-27(20-29(34)19-24-8-4-3-5-9-24)32-21-28-13-12-25-10-6-7-11-30(25)33-28/h3-13,16-18,27,29,32H,14-15,19-21H2,1-2H3/t27-,29-/m0/s1. The molecule has 0 aliphatic carbocycles. The van der Waals surface area contributed by atoms with Gasteiger partial charge in [-0.3, -0.25) is 9.78 Å². The molecule has 3 aromatic carbocycles. The fraction of sp³-hybridized carbons (Fsp3) is 0.290. The molecule has 0 radical (unpaired) electrons. The highest BCUT2D eigenvalue weighted by Crippen LogP contribution is 2.25. The summed E-state index contributed by atoms with van der Waals surface area (Å²) in [7, 11) is 0. The molecule has 0 bridgehead atoms. The number of piperidine rings is 1. The number of aromatic nitrogens is 1. The van der Waals surface area contributed by atoms with Gasteiger partial charge in [0.2, 0.25) is 0 Å². The van der Waals surface area contributed by atoms with Crippen LogP contribution in [0.15, 0.2) is 84.9 Å². The largest absolute Gasteiger partial charge is 0.335 e. The number of rotatable bonds is 6. The van der Waals surface area contributed by atoms with Gasteiger partial charge < -0.3 is 10.2 Å². The number of benzene rings is 3. The Balaban J connectivity index is 1.31. The summed E-state index contributed by atoms with van der Waals surface area (Å²) >= 11 is 0. The number of nitrogens with one attached hydrogen (secondary N) is 1. The summed E-state index contributed by atoms with van der Waals surface area (Å²) in [4.78, 5) is 20.5. The van der Waals surface area contributed by atoms with Gasteiger partial charge in [-0.05, 0) is 62.9 Å². The van der Waals surface area contributed by atoms with Crippen molar-refractivity contribution in [2.24, 2.45) is 0 Å². The number of hydrogen-bond acceptors (Lipinski definition) is 3. The molecule has 1 fully saturated rings. The lowest BCUT2D eigenvalue weighted by Gasteiger charge is -2.40. The number of pyridine rings is 1. The topological polar surface area (TPSA) is 45.2 Å². The molecule has 1 saturated heterocycles. The number of hydrogen-bond donors (Lipinski definition) is 1. The van der Waals surface area contributed by atoms with Crippen LogP contribution in [0.1, 0.15) is 45.6 Å². The first kappa shape index (κ1) is 23.3. The Hall–Kier alpha value is -3.50. The third-order valence-electron chi connectivity index (χ3n) is 6.99. The van der Waals surface area contributed by atoms with E-state index in [1.807, 2.05) is 30.3 Å². The van der Waals surface area contributed by atoms with Gasteiger partial charge in [0.1, 0.15) is 0 Å². The highest BCUT2D eigenvalue weighted by Gasteiger charge is 2.32. The van der Waals surface area contributed by atoms with E-state index in [9.17, 15) is 4.79 Å². The van der Waals surface area contributed by atoms with E-state index in [0.29, 0.717) is 6.04 Å². The van der Waals surface area contributed by atoms with Crippen molar-refractivity contribution in [3.63, 3.8) is 0 Å². The highest BCUT2D eigenvalue weighted by molar-refractivity contribution is 5.95. The molecule has 1 N–H and O–H groups in total. The van der Waals surface area contributed by atoms with E-state index < -0.39 is 0 Å². The number of carbonyl (C=O) groups excluding carboxylic acids is 1. The maximum absolute atomic E-state index is 13.6. The van der Waals surface area contributed by atoms with Crippen LogP contribution in [0.5, 0.6) is 0 Å². The van der Waals surface area contributed by atoms with Crippen molar-refractivity contribution in [1.29, 1.82) is 0 Å². The van der Waals surface area contributed by atoms with Crippen LogP contribution in [-0.4, -0.2) is 34.4 Å². The lowest BCUT2D eigenvalue weighted by atomic mass is 9.91. The molecule has 1 aliphatic rings. The molecule has 4 nitrogen and oxygen atoms in total. The molecule has 0 saturated carbocycles. The molecule has 5 rings (SSSR count). The van der Waals surface area contributed by atoms with E-state index >= 15 is 0 Å². The Kier molecular flexibility index (Phi) is 6.91. The van der Waals surface area contributed by atoms with Crippen LogP contribution in [-0.2, 0) is 13.0 Å². The van der Waals surface area contributed by atoms with Gasteiger partial charge in [0.15, 0.2) is 0 Å². The molecular formula is C31H33N3O. The Morgan fingerprint density at radius 3 is 2.49 bits per heavy atom. The molecule has 2 atom stereocenters. The van der Waals surface area contributed by atoms with E-state index in [0.717, 1.165) is 65.6 Å². The third kappa shape index (κ3) is 5.60. The summed E-state index contributed by atoms with van der Waals surface area (Å²) in [6.07, 6.45) is 2.73. The zero-order valence-electron chi connectivity index (χ0n) is 20.6. The zero-order valence-corrected chi connectivity index (χ0v) is 20.6. The molecule has 0 unspecified atom stereocenters. The Labute approximate surface area is 208 Å². The van der Waals surface area contributed by atoms with E-state index in [1.54, 1.807) is 0 Å². The van der Waals surface area contributed by atoms with E-state index in [4.69, 9.17) is 4.98 Å². The minimum atomic E-state index is 0.146. The van der Waals surface area contributed by atoms with Crippen molar-refractivity contribution in [1.82, 2.24) is 15.2 Å². The first-order valence-electron chi connectivity index (χ1n) is 12.6. The zero-order chi connectivity index (χ0) is 24.2. The van der Waals surface area contributed by atoms with Crippen LogP contribution in [0.4, 0.5) is 0 Å². The summed E-state index contributed by atoms with van der Waals surface area (Å²) in [5.41, 5.74) is 6.42. The van der Waals surface area contributed by atoms with Crippen molar-refractivity contribution in [2.45, 2.75) is 51.7 Å². The van der Waals surface area contributed by atoms with Gasteiger partial charge in [0.05, 0.1) is 11.2 Å². The van der Waals surface area contributed by atoms with Crippen LogP contribution in [0.3, 0.4) is 0 Å². The first-order valence-corrected chi connectivity index (χ1v) is 12.6. The molecule has 0 spiro atoms. The number of likely N-dealkylation sites (tertiary alicyclic amines) is 1. The predicted molar refractivity (Wildman–Crippen MR) is 142 cm³/mol. The van der Waals surface area contributed by atoms with Crippen molar-refractivity contribution < 1.29 is 4.79 Å². The Morgan fingerprint density at radius 1 is 0.943 bits per heavy atom. The summed E-state index contributed by atoms with van der Waals surface area (Å²) in [6.45, 7) is 5.61. The number of para-hydroxylation sites is 1. The summed E-state index contributed by atoms with van der Waals surface area (Å²) < 4.78 is 0. The molecule has 178 valence electrons.